The van der Waals surface area contributed by atoms with Gasteiger partial charge in [-0.3, -0.25) is 4.79 Å². The van der Waals surface area contributed by atoms with Crippen molar-refractivity contribution >= 4 is 38.5 Å². The van der Waals surface area contributed by atoms with Crippen LogP contribution in [-0.4, -0.2) is 34.6 Å². The van der Waals surface area contributed by atoms with Gasteiger partial charge in [0.05, 0.1) is 17.0 Å². The van der Waals surface area contributed by atoms with Gasteiger partial charge >= 0.3 is 5.97 Å². The Morgan fingerprint density at radius 2 is 1.84 bits per heavy atom. The smallest absolute Gasteiger partial charge is 0.323 e. The van der Waals surface area contributed by atoms with Crippen LogP contribution >= 0.6 is 11.6 Å². The van der Waals surface area contributed by atoms with E-state index in [1.54, 1.807) is 47.2 Å². The van der Waals surface area contributed by atoms with Gasteiger partial charge in [0.2, 0.25) is 0 Å². The molecular formula is C22H19ClN2O5S. The summed E-state index contributed by atoms with van der Waals surface area (Å²) in [6.45, 7) is 2.11. The Balaban J connectivity index is 1.75. The van der Waals surface area contributed by atoms with Crippen molar-refractivity contribution in [3.63, 3.8) is 0 Å². The second kappa shape index (κ2) is 8.13. The van der Waals surface area contributed by atoms with Crippen molar-refractivity contribution in [1.82, 2.24) is 8.54 Å². The maximum Gasteiger partial charge on any atom is 0.323 e. The molecule has 0 saturated carbocycles. The molecule has 4 rings (SSSR count). The maximum absolute atomic E-state index is 13.0. The zero-order valence-electron chi connectivity index (χ0n) is 16.5. The molecule has 4 aromatic rings. The first-order valence-electron chi connectivity index (χ1n) is 9.46. The standard InChI is InChI=1S/C22H19ClN2O5S/c1-2-30-17-4-6-18(7-5-17)31(28,29)25-10-9-15(12-25)20-13-24(14-22(26)27)21-11-16(23)3-8-19(20)21/h3-13H,2,14H2,1H3,(H,26,27). The third-order valence-corrected chi connectivity index (χ3v) is 6.72. The molecule has 2 aromatic heterocycles. The average Bonchev–Trinajstić information content (AvgIpc) is 3.34. The zero-order valence-corrected chi connectivity index (χ0v) is 18.1. The van der Waals surface area contributed by atoms with Gasteiger partial charge in [0.15, 0.2) is 0 Å². The second-order valence-electron chi connectivity index (χ2n) is 6.87. The van der Waals surface area contributed by atoms with E-state index in [0.717, 1.165) is 9.36 Å². The maximum atomic E-state index is 13.0. The van der Waals surface area contributed by atoms with Gasteiger partial charge in [0.25, 0.3) is 10.0 Å². The fourth-order valence-electron chi connectivity index (χ4n) is 3.45. The number of benzene rings is 2. The number of rotatable bonds is 7. The summed E-state index contributed by atoms with van der Waals surface area (Å²) in [5, 5.41) is 10.5. The number of carboxylic acid groups (broad SMARTS) is 1. The molecule has 160 valence electrons. The summed E-state index contributed by atoms with van der Waals surface area (Å²) in [6, 6.07) is 13.1. The van der Waals surface area contributed by atoms with E-state index in [4.69, 9.17) is 16.3 Å². The van der Waals surface area contributed by atoms with Gasteiger partial charge in [-0.25, -0.2) is 12.4 Å². The largest absolute Gasteiger partial charge is 0.494 e. The van der Waals surface area contributed by atoms with Crippen LogP contribution in [0.1, 0.15) is 6.92 Å². The fraction of sp³-hybridized carbons (Fsp3) is 0.136. The number of aliphatic carboxylic acids is 1. The van der Waals surface area contributed by atoms with Crippen molar-refractivity contribution in [2.75, 3.05) is 6.61 Å². The molecule has 1 N–H and O–H groups in total. The lowest BCUT2D eigenvalue weighted by Gasteiger charge is -2.07. The lowest BCUT2D eigenvalue weighted by molar-refractivity contribution is -0.137. The molecule has 0 bridgehead atoms. The van der Waals surface area contributed by atoms with Gasteiger partial charge in [-0.2, -0.15) is 0 Å². The summed E-state index contributed by atoms with van der Waals surface area (Å²) in [5.74, 6) is -0.390. The van der Waals surface area contributed by atoms with Crippen LogP contribution in [0.25, 0.3) is 22.0 Å². The molecule has 0 saturated heterocycles. The predicted molar refractivity (Wildman–Crippen MR) is 118 cm³/mol. The molecule has 0 radical (unpaired) electrons. The summed E-state index contributed by atoms with van der Waals surface area (Å²) in [4.78, 5) is 11.4. The third-order valence-electron chi connectivity index (χ3n) is 4.84. The number of halogens is 1. The molecule has 2 aromatic carbocycles. The summed E-state index contributed by atoms with van der Waals surface area (Å²) >= 11 is 6.09. The molecule has 0 atom stereocenters. The molecular weight excluding hydrogens is 440 g/mol. The minimum atomic E-state index is -3.79. The summed E-state index contributed by atoms with van der Waals surface area (Å²) in [6.07, 6.45) is 4.68. The van der Waals surface area contributed by atoms with Gasteiger partial charge in [0.1, 0.15) is 12.3 Å². The van der Waals surface area contributed by atoms with Crippen molar-refractivity contribution in [1.29, 1.82) is 0 Å². The number of hydrogen-bond acceptors (Lipinski definition) is 4. The van der Waals surface area contributed by atoms with Crippen LogP contribution in [0.2, 0.25) is 5.02 Å². The van der Waals surface area contributed by atoms with Crippen molar-refractivity contribution in [2.45, 2.75) is 18.4 Å². The highest BCUT2D eigenvalue weighted by atomic mass is 35.5. The first-order valence-corrected chi connectivity index (χ1v) is 11.3. The molecule has 31 heavy (non-hydrogen) atoms. The number of carbonyl (C=O) groups is 1. The quantitative estimate of drug-likeness (QED) is 0.441. The number of fused-ring (bicyclic) bond motifs is 1. The Morgan fingerprint density at radius 3 is 2.52 bits per heavy atom. The number of carboxylic acids is 1. The van der Waals surface area contributed by atoms with E-state index in [0.29, 0.717) is 34.0 Å². The van der Waals surface area contributed by atoms with Crippen molar-refractivity contribution in [2.24, 2.45) is 0 Å². The molecule has 0 aliphatic carbocycles. The van der Waals surface area contributed by atoms with Crippen LogP contribution in [-0.2, 0) is 21.4 Å². The summed E-state index contributed by atoms with van der Waals surface area (Å²) < 4.78 is 34.1. The molecule has 0 unspecified atom stereocenters. The van der Waals surface area contributed by atoms with E-state index < -0.39 is 16.0 Å². The SMILES string of the molecule is CCOc1ccc(S(=O)(=O)n2ccc(-c3cn(CC(=O)O)c4cc(Cl)ccc34)c2)cc1. The van der Waals surface area contributed by atoms with Gasteiger partial charge in [-0.15, -0.1) is 0 Å². The molecule has 2 heterocycles. The predicted octanol–water partition coefficient (Wildman–Crippen LogP) is 4.48. The molecule has 7 nitrogen and oxygen atoms in total. The zero-order chi connectivity index (χ0) is 22.2. The fourth-order valence-corrected chi connectivity index (χ4v) is 4.82. The highest BCUT2D eigenvalue weighted by molar-refractivity contribution is 7.90. The number of ether oxygens (including phenoxy) is 1. The lowest BCUT2D eigenvalue weighted by Crippen LogP contribution is -2.10. The van der Waals surface area contributed by atoms with E-state index >= 15 is 0 Å². The van der Waals surface area contributed by atoms with Crippen LogP contribution in [0, 0.1) is 0 Å². The Morgan fingerprint density at radius 1 is 1.10 bits per heavy atom. The first kappa shape index (κ1) is 21.0. The second-order valence-corrected chi connectivity index (χ2v) is 9.15. The molecule has 0 aliphatic rings. The monoisotopic (exact) mass is 458 g/mol. The van der Waals surface area contributed by atoms with Crippen LogP contribution in [0.15, 0.2) is 72.0 Å². The summed E-state index contributed by atoms with van der Waals surface area (Å²) in [7, 11) is -3.79. The highest BCUT2D eigenvalue weighted by Gasteiger charge is 2.19. The molecule has 9 heteroatoms. The summed E-state index contributed by atoms with van der Waals surface area (Å²) in [5.41, 5.74) is 2.02. The number of nitrogens with zero attached hydrogens (tertiary/aromatic N) is 2. The van der Waals surface area contributed by atoms with Crippen molar-refractivity contribution in [3.8, 4) is 16.9 Å². The number of hydrogen-bond donors (Lipinski definition) is 1. The van der Waals surface area contributed by atoms with Crippen LogP contribution in [0.5, 0.6) is 5.75 Å². The average molecular weight is 459 g/mol. The molecule has 0 amide bonds. The Hall–Kier alpha value is -3.23. The molecule has 0 fully saturated rings. The first-order chi connectivity index (χ1) is 14.8. The Kier molecular flexibility index (Phi) is 5.51. The van der Waals surface area contributed by atoms with Crippen molar-refractivity contribution in [3.05, 3.63) is 72.1 Å². The normalized spacial score (nSPS) is 11.7. The van der Waals surface area contributed by atoms with Gasteiger partial charge in [-0.1, -0.05) is 17.7 Å². The number of aromatic nitrogens is 2. The lowest BCUT2D eigenvalue weighted by atomic mass is 10.1. The molecule has 0 spiro atoms. The van der Waals surface area contributed by atoms with Gasteiger partial charge in [-0.05, 0) is 49.4 Å². The third kappa shape index (κ3) is 4.04. The highest BCUT2D eigenvalue weighted by Crippen LogP contribution is 2.33. The van der Waals surface area contributed by atoms with Gasteiger partial charge in [0, 0.05) is 40.1 Å². The van der Waals surface area contributed by atoms with Crippen LogP contribution < -0.4 is 4.74 Å². The van der Waals surface area contributed by atoms with Gasteiger partial charge < -0.3 is 14.4 Å². The minimum absolute atomic E-state index is 0.137. The topological polar surface area (TPSA) is 90.5 Å². The van der Waals surface area contributed by atoms with Crippen LogP contribution in [0.4, 0.5) is 0 Å². The van der Waals surface area contributed by atoms with E-state index in [-0.39, 0.29) is 11.4 Å². The Bertz CT molecular complexity index is 1370. The van der Waals surface area contributed by atoms with Crippen LogP contribution in [0.3, 0.4) is 0 Å². The van der Waals surface area contributed by atoms with Crippen molar-refractivity contribution < 1.29 is 23.1 Å². The Labute approximate surface area is 184 Å². The molecule has 0 aliphatic heterocycles. The van der Waals surface area contributed by atoms with E-state index in [1.807, 2.05) is 6.92 Å². The van der Waals surface area contributed by atoms with E-state index in [9.17, 15) is 18.3 Å². The minimum Gasteiger partial charge on any atom is -0.494 e. The van der Waals surface area contributed by atoms with E-state index in [2.05, 4.69) is 0 Å². The van der Waals surface area contributed by atoms with E-state index in [1.165, 1.54) is 24.5 Å².